The number of nitrogens with one attached hydrogen (secondary N) is 1. The highest BCUT2D eigenvalue weighted by Crippen LogP contribution is 2.36. The molecule has 0 heterocycles. The van der Waals surface area contributed by atoms with Crippen LogP contribution in [-0.2, 0) is 19.0 Å². The Labute approximate surface area is 302 Å². The van der Waals surface area contributed by atoms with Crippen LogP contribution in [0.1, 0.15) is 63.6 Å². The van der Waals surface area contributed by atoms with Crippen LogP contribution in [0, 0.1) is 37.2 Å². The summed E-state index contributed by atoms with van der Waals surface area (Å²) in [6, 6.07) is 12.7. The SMILES string of the molecule is C#C.CC.CN[C@@H](c1cc(F)cc(OC(F)(F)C(F)F)c1)c1ccc(F)c(C(F)(F)F)c1.Cc1ccc(CO)cc1.O=Cc1ccc(F)c(C(F)(F)F)c1. The van der Waals surface area contributed by atoms with E-state index in [2.05, 4.69) is 22.9 Å². The van der Waals surface area contributed by atoms with Gasteiger partial charge in [0.2, 0.25) is 0 Å². The number of aliphatic hydroxyl groups is 1. The van der Waals surface area contributed by atoms with Gasteiger partial charge in [0.25, 0.3) is 0 Å². The van der Waals surface area contributed by atoms with Crippen LogP contribution < -0.4 is 10.1 Å². The van der Waals surface area contributed by atoms with E-state index in [9.17, 15) is 61.9 Å². The van der Waals surface area contributed by atoms with Crippen LogP contribution in [0.15, 0.2) is 78.9 Å². The zero-order valence-corrected chi connectivity index (χ0v) is 28.8. The zero-order valence-electron chi connectivity index (χ0n) is 28.8. The molecular weight excluding hydrogens is 753 g/mol. The summed E-state index contributed by atoms with van der Waals surface area (Å²) in [5, 5.41) is 11.2. The smallest absolute Gasteiger partial charge is 0.428 e. The normalized spacial score (nSPS) is 11.6. The van der Waals surface area contributed by atoms with Crippen molar-refractivity contribution in [3.8, 4) is 18.6 Å². The fourth-order valence-electron chi connectivity index (χ4n) is 4.00. The van der Waals surface area contributed by atoms with E-state index in [0.717, 1.165) is 29.8 Å². The Balaban J connectivity index is 0.000000886. The number of aliphatic hydroxyl groups excluding tert-OH is 1. The molecule has 4 nitrogen and oxygen atoms in total. The summed E-state index contributed by atoms with van der Waals surface area (Å²) >= 11 is 0. The number of rotatable bonds is 8. The molecule has 0 aliphatic rings. The number of terminal acetylenes is 1. The molecule has 0 amide bonds. The van der Waals surface area contributed by atoms with Crippen LogP contribution in [0.25, 0.3) is 0 Å². The lowest BCUT2D eigenvalue weighted by molar-refractivity contribution is -0.253. The zero-order chi connectivity index (χ0) is 42.0. The van der Waals surface area contributed by atoms with Gasteiger partial charge in [-0.25, -0.2) is 13.2 Å². The van der Waals surface area contributed by atoms with Crippen molar-refractivity contribution in [3.05, 3.63) is 135 Å². The standard InChI is InChI=1S/C17H12F9NO.C8H4F4O.C8H10O.C2H6.C2H2/c1-27-14(8-2-3-13(19)12(6-8)16(22,23)24)9-4-10(18)7-11(5-9)28-17(25,26)15(20)21;9-7-2-1-5(4-13)3-6(7)8(10,11)12;1-7-2-4-8(6-9)5-3-7;2*1-2/h2-7,14-15,27H,1H3;1-4H;2-5,9H,6H2,1H3;1-2H3;1-2H/t14-;;;;/m1..../s1. The van der Waals surface area contributed by atoms with Gasteiger partial charge in [0, 0.05) is 11.6 Å². The quantitative estimate of drug-likeness (QED) is 0.106. The van der Waals surface area contributed by atoms with Crippen LogP contribution in [0.2, 0.25) is 0 Å². The predicted octanol–water partition coefficient (Wildman–Crippen LogP) is 10.9. The number of aldehydes is 1. The Bertz CT molecular complexity index is 1760. The Morgan fingerprint density at radius 2 is 1.24 bits per heavy atom. The summed E-state index contributed by atoms with van der Waals surface area (Å²) in [6.07, 6.45) is -10.6. The Morgan fingerprint density at radius 1 is 0.741 bits per heavy atom. The molecule has 0 aliphatic carbocycles. The highest BCUT2D eigenvalue weighted by molar-refractivity contribution is 5.75. The molecule has 0 fully saturated rings. The number of alkyl halides is 10. The van der Waals surface area contributed by atoms with Crippen molar-refractivity contribution in [2.24, 2.45) is 0 Å². The van der Waals surface area contributed by atoms with Crippen LogP contribution in [0.5, 0.6) is 5.75 Å². The van der Waals surface area contributed by atoms with Gasteiger partial charge in [-0.1, -0.05) is 49.7 Å². The molecule has 17 heteroatoms. The lowest BCUT2D eigenvalue weighted by atomic mass is 9.96. The largest absolute Gasteiger partial charge is 0.461 e. The van der Waals surface area contributed by atoms with Crippen molar-refractivity contribution in [2.75, 3.05) is 7.05 Å². The third-order valence-corrected chi connectivity index (χ3v) is 6.39. The Hall–Kier alpha value is -5.08. The van der Waals surface area contributed by atoms with Crippen molar-refractivity contribution in [3.63, 3.8) is 0 Å². The average Bonchev–Trinajstić information content (AvgIpc) is 3.10. The van der Waals surface area contributed by atoms with Crippen LogP contribution >= 0.6 is 0 Å². The van der Waals surface area contributed by atoms with Crippen molar-refractivity contribution in [1.29, 1.82) is 0 Å². The van der Waals surface area contributed by atoms with Gasteiger partial charge in [0.05, 0.1) is 23.8 Å². The molecule has 4 rings (SSSR count). The molecule has 0 spiro atoms. The number of carbonyl (C=O) groups excluding carboxylic acids is 1. The second-order valence-electron chi connectivity index (χ2n) is 10.1. The van der Waals surface area contributed by atoms with E-state index >= 15 is 0 Å². The molecule has 2 N–H and O–H groups in total. The number of halogens is 13. The van der Waals surface area contributed by atoms with Crippen LogP contribution in [-0.4, -0.2) is 31.0 Å². The van der Waals surface area contributed by atoms with Crippen molar-refractivity contribution >= 4 is 6.29 Å². The second kappa shape index (κ2) is 22.2. The lowest BCUT2D eigenvalue weighted by Crippen LogP contribution is -2.33. The van der Waals surface area contributed by atoms with Crippen LogP contribution in [0.3, 0.4) is 0 Å². The van der Waals surface area contributed by atoms with Gasteiger partial charge in [0.1, 0.15) is 29.5 Å². The average molecular weight is 788 g/mol. The minimum atomic E-state index is -5.01. The first-order chi connectivity index (χ1) is 25.1. The third kappa shape index (κ3) is 15.5. The van der Waals surface area contributed by atoms with E-state index in [1.807, 2.05) is 45.0 Å². The highest BCUT2D eigenvalue weighted by Gasteiger charge is 2.44. The van der Waals surface area contributed by atoms with Gasteiger partial charge >= 0.3 is 24.9 Å². The van der Waals surface area contributed by atoms with E-state index in [-0.39, 0.29) is 29.6 Å². The van der Waals surface area contributed by atoms with Gasteiger partial charge in [-0.05, 0) is 73.1 Å². The lowest BCUT2D eigenvalue weighted by Gasteiger charge is -2.21. The molecule has 4 aromatic carbocycles. The summed E-state index contributed by atoms with van der Waals surface area (Å²) in [5.74, 6) is -5.03. The number of ether oxygens (including phenoxy) is 1. The summed E-state index contributed by atoms with van der Waals surface area (Å²) in [4.78, 5) is 10.1. The summed E-state index contributed by atoms with van der Waals surface area (Å²) in [5.41, 5.74) is -1.38. The number of hydrogen-bond acceptors (Lipinski definition) is 4. The highest BCUT2D eigenvalue weighted by atomic mass is 19.4. The fraction of sp³-hybridized carbons (Fsp3) is 0.270. The van der Waals surface area contributed by atoms with E-state index in [4.69, 9.17) is 5.11 Å². The molecule has 0 saturated carbocycles. The second-order valence-corrected chi connectivity index (χ2v) is 10.1. The molecule has 0 radical (unpaired) electrons. The van der Waals surface area contributed by atoms with Crippen molar-refractivity contribution < 1.29 is 71.7 Å². The van der Waals surface area contributed by atoms with Gasteiger partial charge in [-0.3, -0.25) is 4.79 Å². The van der Waals surface area contributed by atoms with E-state index in [1.54, 1.807) is 0 Å². The minimum Gasteiger partial charge on any atom is -0.428 e. The van der Waals surface area contributed by atoms with E-state index in [1.165, 1.54) is 12.6 Å². The van der Waals surface area contributed by atoms with Crippen molar-refractivity contribution in [1.82, 2.24) is 5.32 Å². The van der Waals surface area contributed by atoms with Gasteiger partial charge in [-0.15, -0.1) is 12.8 Å². The number of aryl methyl sites for hydroxylation is 1. The molecule has 0 aliphatic heterocycles. The summed E-state index contributed by atoms with van der Waals surface area (Å²) in [6.45, 7) is 6.17. The molecule has 54 heavy (non-hydrogen) atoms. The maximum Gasteiger partial charge on any atom is 0.461 e. The first kappa shape index (κ1) is 48.9. The first-order valence-corrected chi connectivity index (χ1v) is 15.1. The fourth-order valence-corrected chi connectivity index (χ4v) is 4.00. The van der Waals surface area contributed by atoms with Gasteiger partial charge < -0.3 is 15.2 Å². The number of hydrogen-bond donors (Lipinski definition) is 2. The van der Waals surface area contributed by atoms with E-state index in [0.29, 0.717) is 30.3 Å². The third-order valence-electron chi connectivity index (χ3n) is 6.39. The molecule has 0 aromatic heterocycles. The molecule has 0 saturated heterocycles. The Morgan fingerprint density at radius 3 is 1.69 bits per heavy atom. The van der Waals surface area contributed by atoms with Crippen molar-refractivity contribution in [2.45, 2.75) is 58.3 Å². The maximum absolute atomic E-state index is 13.8. The molecule has 0 bridgehead atoms. The summed E-state index contributed by atoms with van der Waals surface area (Å²) in [7, 11) is 1.26. The number of carbonyl (C=O) groups is 1. The summed E-state index contributed by atoms with van der Waals surface area (Å²) < 4.78 is 169. The predicted molar refractivity (Wildman–Crippen MR) is 175 cm³/mol. The van der Waals surface area contributed by atoms with Gasteiger partial charge in [0.15, 0.2) is 0 Å². The molecule has 296 valence electrons. The Kier molecular flexibility index (Phi) is 20.1. The monoisotopic (exact) mass is 787 g/mol. The first-order valence-electron chi connectivity index (χ1n) is 15.1. The minimum absolute atomic E-state index is 0.139. The molecular formula is C37H34F13NO3. The molecule has 1 atom stereocenters. The number of benzene rings is 4. The maximum atomic E-state index is 13.8. The molecule has 4 aromatic rings. The topological polar surface area (TPSA) is 58.6 Å². The van der Waals surface area contributed by atoms with Gasteiger partial charge in [-0.2, -0.15) is 43.9 Å². The van der Waals surface area contributed by atoms with E-state index < -0.39 is 65.3 Å². The van der Waals surface area contributed by atoms with Crippen LogP contribution in [0.4, 0.5) is 57.1 Å². The molecule has 0 unspecified atom stereocenters.